The number of fused-ring (bicyclic) bond motifs is 1. The van der Waals surface area contributed by atoms with Crippen LogP contribution in [0.25, 0.3) is 11.2 Å². The lowest BCUT2D eigenvalue weighted by Gasteiger charge is -2.29. The number of phosphoric acid groups is 2. The first-order valence-corrected chi connectivity index (χ1v) is 24.4. The molecule has 0 saturated carbocycles. The highest BCUT2D eigenvalue weighted by Crippen LogP contribution is 2.51. The van der Waals surface area contributed by atoms with Crippen LogP contribution in [-0.4, -0.2) is 150 Å². The van der Waals surface area contributed by atoms with E-state index in [0.29, 0.717) is 12.8 Å². The van der Waals surface area contributed by atoms with Crippen molar-refractivity contribution in [3.05, 3.63) is 48.1 Å². The molecular formula is C33H47N9O19P2S. The van der Waals surface area contributed by atoms with Crippen LogP contribution in [-0.2, 0) is 65.8 Å². The Kier molecular flexibility index (Phi) is 15.7. The number of ether oxygens (including phenoxy) is 5. The summed E-state index contributed by atoms with van der Waals surface area (Å²) in [5.74, 6) is -2.64. The number of rotatable bonds is 21. The van der Waals surface area contributed by atoms with Gasteiger partial charge in [0.05, 0.1) is 25.3 Å². The highest BCUT2D eigenvalue weighted by Gasteiger charge is 2.54. The smallest absolute Gasteiger partial charge is 0.455 e. The number of carbonyl (C=O) groups is 2. The predicted octanol–water partition coefficient (Wildman–Crippen LogP) is -1.67. The van der Waals surface area contributed by atoms with E-state index in [1.54, 1.807) is 0 Å². The van der Waals surface area contributed by atoms with E-state index in [0.717, 1.165) is 17.2 Å². The summed E-state index contributed by atoms with van der Waals surface area (Å²) in [6.07, 6.45) is -8.02. The molecule has 31 heteroatoms. The number of imidazole rings is 1. The molecule has 3 fully saturated rings. The summed E-state index contributed by atoms with van der Waals surface area (Å²) in [5.41, 5.74) is 10.8. The molecule has 3 saturated heterocycles. The minimum absolute atomic E-state index is 0.0414. The Labute approximate surface area is 362 Å². The van der Waals surface area contributed by atoms with Gasteiger partial charge in [-0.05, 0) is 25.3 Å². The number of phosphoric ester groups is 2. The molecule has 3 aliphatic heterocycles. The number of nitrogens with two attached hydrogens (primary N) is 2. The van der Waals surface area contributed by atoms with Crippen LogP contribution in [0.3, 0.4) is 0 Å². The second-order valence-corrected chi connectivity index (χ2v) is 19.6. The zero-order valence-electron chi connectivity index (χ0n) is 33.8. The maximum atomic E-state index is 13.9. The lowest BCUT2D eigenvalue weighted by Crippen LogP contribution is -2.47. The predicted molar refractivity (Wildman–Crippen MR) is 215 cm³/mol. The van der Waals surface area contributed by atoms with E-state index in [1.165, 1.54) is 29.2 Å². The van der Waals surface area contributed by atoms with Gasteiger partial charge < -0.3 is 60.3 Å². The maximum Gasteiger partial charge on any atom is 0.472 e. The van der Waals surface area contributed by atoms with Crippen LogP contribution in [0.4, 0.5) is 11.6 Å². The van der Waals surface area contributed by atoms with Crippen LogP contribution < -0.4 is 22.5 Å². The summed E-state index contributed by atoms with van der Waals surface area (Å²) in [5, 5.41) is 14.1. The summed E-state index contributed by atoms with van der Waals surface area (Å²) < 4.78 is 96.8. The number of anilines is 2. The van der Waals surface area contributed by atoms with Gasteiger partial charge in [0.25, 0.3) is 0 Å². The standard InChI is InChI=1S/C33H47N9O19P2S/c1-3-4-6-21(43)39-17(9-12-64(2,52)53)32(45)60-25-18(57-30(24(25)44)42-16-38-23-28(35)36-15-37-29(23)42)14-56-63(50,51)61-26-19(13-55-62(47,48)49)58-31(27(26)59-22-7-5-11-54-22)41-10-8-20(34)40-33(41)46/h3,8,10,15-19,22,24-27,30-31,44H,1,4-7,9,11-14H2,2H3,(H,39,43)(H,50,51)(H2,34,40,46)(H2,35,36,37)(H2,47,48,49)/t17-,18+,19+,22?,24+,25+,26+,27+,30+,31+/m0/s1. The van der Waals surface area contributed by atoms with Gasteiger partial charge in [-0.25, -0.2) is 42.1 Å². The number of hydrogen-bond acceptors (Lipinski definition) is 22. The first-order chi connectivity index (χ1) is 30.1. The normalized spacial score (nSPS) is 27.6. The van der Waals surface area contributed by atoms with Gasteiger partial charge in [-0.15, -0.1) is 6.58 Å². The van der Waals surface area contributed by atoms with Crippen molar-refractivity contribution in [2.75, 3.05) is 43.3 Å². The van der Waals surface area contributed by atoms with Crippen molar-refractivity contribution in [1.29, 1.82) is 0 Å². The number of nitrogens with one attached hydrogen (secondary N) is 1. The molecule has 64 heavy (non-hydrogen) atoms. The molecule has 2 unspecified atom stereocenters. The largest absolute Gasteiger partial charge is 0.472 e. The van der Waals surface area contributed by atoms with Crippen molar-refractivity contribution in [2.24, 2.45) is 0 Å². The Bertz CT molecular complexity index is 2430. The minimum Gasteiger partial charge on any atom is -0.455 e. The maximum absolute atomic E-state index is 13.9. The van der Waals surface area contributed by atoms with Crippen LogP contribution in [0.15, 0.2) is 42.4 Å². The molecule has 6 rings (SSSR count). The first-order valence-electron chi connectivity index (χ1n) is 19.3. The second kappa shape index (κ2) is 20.5. The van der Waals surface area contributed by atoms with Gasteiger partial charge in [-0.2, -0.15) is 4.98 Å². The summed E-state index contributed by atoms with van der Waals surface area (Å²) in [6.45, 7) is 1.81. The monoisotopic (exact) mass is 967 g/mol. The third-order valence-corrected chi connectivity index (χ3v) is 12.3. The van der Waals surface area contributed by atoms with Crippen molar-refractivity contribution < 1.29 is 84.2 Å². The van der Waals surface area contributed by atoms with Crippen molar-refractivity contribution in [3.8, 4) is 0 Å². The average Bonchev–Trinajstić information content (AvgIpc) is 4.01. The van der Waals surface area contributed by atoms with Crippen LogP contribution in [0.5, 0.6) is 0 Å². The highest BCUT2D eigenvalue weighted by atomic mass is 32.2. The number of hydrogen-bond donors (Lipinski definition) is 7. The summed E-state index contributed by atoms with van der Waals surface area (Å²) in [6, 6.07) is -0.337. The molecule has 0 aromatic carbocycles. The van der Waals surface area contributed by atoms with E-state index in [9.17, 15) is 51.7 Å². The molecule has 11 atom stereocenters. The number of nitrogen functional groups attached to an aromatic ring is 2. The molecule has 28 nitrogen and oxygen atoms in total. The van der Waals surface area contributed by atoms with Crippen molar-refractivity contribution in [3.63, 3.8) is 0 Å². The second-order valence-electron chi connectivity index (χ2n) is 14.7. The number of carbonyl (C=O) groups excluding carboxylic acids is 2. The molecule has 9 N–H and O–H groups in total. The van der Waals surface area contributed by atoms with Crippen LogP contribution >= 0.6 is 15.6 Å². The van der Waals surface area contributed by atoms with Gasteiger partial charge >= 0.3 is 27.3 Å². The number of aliphatic hydroxyl groups is 1. The Balaban J connectivity index is 1.28. The number of allylic oxidation sites excluding steroid dienone is 1. The van der Waals surface area contributed by atoms with E-state index >= 15 is 0 Å². The van der Waals surface area contributed by atoms with Gasteiger partial charge in [-0.3, -0.25) is 27.5 Å². The van der Waals surface area contributed by atoms with Crippen LogP contribution in [0, 0.1) is 0 Å². The minimum atomic E-state index is -5.46. The van der Waals surface area contributed by atoms with E-state index in [2.05, 4.69) is 36.4 Å². The number of esters is 1. The number of amides is 1. The molecule has 0 bridgehead atoms. The first kappa shape index (κ1) is 49.1. The van der Waals surface area contributed by atoms with Gasteiger partial charge in [0.15, 0.2) is 36.3 Å². The SMILES string of the molecule is C=CCCC(=O)N[C@@H](CCS(C)(=O)=O)C(=O)O[C@H]1[C@@H](O)[C@H](n2cnc3c(N)ncnc32)O[C@@H]1COP(=O)(O)O[C@H]1[C@@H](OC2CCCO2)[C@H](n2ccc(N)nc2=O)O[C@@H]1COP(=O)(O)O. The van der Waals surface area contributed by atoms with Gasteiger partial charge in [0, 0.05) is 31.9 Å². The van der Waals surface area contributed by atoms with Crippen LogP contribution in [0.2, 0.25) is 0 Å². The van der Waals surface area contributed by atoms with Crippen molar-refractivity contribution in [1.82, 2.24) is 34.4 Å². The number of sulfone groups is 1. The Morgan fingerprint density at radius 3 is 2.45 bits per heavy atom. The van der Waals surface area contributed by atoms with E-state index in [1.807, 2.05) is 0 Å². The Hall–Kier alpha value is -4.32. The molecule has 6 heterocycles. The molecule has 1 amide bonds. The molecule has 0 spiro atoms. The Morgan fingerprint density at radius 1 is 1.06 bits per heavy atom. The van der Waals surface area contributed by atoms with E-state index in [4.69, 9.17) is 44.2 Å². The average molecular weight is 968 g/mol. The molecule has 354 valence electrons. The third kappa shape index (κ3) is 12.5. The van der Waals surface area contributed by atoms with E-state index in [-0.39, 0.29) is 42.2 Å². The Morgan fingerprint density at radius 2 is 1.78 bits per heavy atom. The topological polar surface area (TPSA) is 400 Å². The number of aliphatic hydroxyl groups excluding tert-OH is 1. The molecule has 3 aliphatic rings. The molecule has 0 radical (unpaired) electrons. The lowest BCUT2D eigenvalue weighted by atomic mass is 10.1. The quantitative estimate of drug-likeness (QED) is 0.0357. The fourth-order valence-corrected chi connectivity index (χ4v) is 8.86. The van der Waals surface area contributed by atoms with Crippen LogP contribution in [0.1, 0.15) is 44.6 Å². The van der Waals surface area contributed by atoms with E-state index < -0.39 is 130 Å². The zero-order valence-corrected chi connectivity index (χ0v) is 36.4. The van der Waals surface area contributed by atoms with Gasteiger partial charge in [0.2, 0.25) is 5.91 Å². The molecular weight excluding hydrogens is 920 g/mol. The summed E-state index contributed by atoms with van der Waals surface area (Å²) in [7, 11) is -14.3. The number of nitrogens with zero attached hydrogens (tertiary/aromatic N) is 6. The van der Waals surface area contributed by atoms with Gasteiger partial charge in [0.1, 0.15) is 64.1 Å². The third-order valence-electron chi connectivity index (χ3n) is 9.87. The van der Waals surface area contributed by atoms with Gasteiger partial charge in [-0.1, -0.05) is 6.08 Å². The molecule has 3 aromatic heterocycles. The fraction of sp³-hybridized carbons (Fsp3) is 0.606. The summed E-state index contributed by atoms with van der Waals surface area (Å²) in [4.78, 5) is 85.4. The highest BCUT2D eigenvalue weighted by molar-refractivity contribution is 7.90. The fourth-order valence-electron chi connectivity index (χ4n) is 6.89. The molecule has 0 aliphatic carbocycles. The van der Waals surface area contributed by atoms with Crippen molar-refractivity contribution >= 4 is 60.2 Å². The lowest BCUT2D eigenvalue weighted by molar-refractivity contribution is -0.181. The molecule has 3 aromatic rings. The number of aromatic nitrogens is 6. The van der Waals surface area contributed by atoms with Crippen molar-refractivity contribution in [2.45, 2.75) is 93.5 Å². The summed E-state index contributed by atoms with van der Waals surface area (Å²) >= 11 is 0. The zero-order chi connectivity index (χ0) is 46.6.